The number of hydrogen-bond donors (Lipinski definition) is 1. The highest BCUT2D eigenvalue weighted by Gasteiger charge is 2.19. The Morgan fingerprint density at radius 3 is 2.59 bits per heavy atom. The van der Waals surface area contributed by atoms with Crippen molar-refractivity contribution in [3.8, 4) is 0 Å². The Morgan fingerprint density at radius 2 is 1.95 bits per heavy atom. The summed E-state index contributed by atoms with van der Waals surface area (Å²) in [7, 11) is 0. The van der Waals surface area contributed by atoms with Crippen LogP contribution in [-0.2, 0) is 6.54 Å². The van der Waals surface area contributed by atoms with Gasteiger partial charge in [-0.3, -0.25) is 0 Å². The van der Waals surface area contributed by atoms with Crippen LogP contribution in [0.5, 0.6) is 0 Å². The van der Waals surface area contributed by atoms with E-state index in [1.165, 1.54) is 18.4 Å². The second kappa shape index (κ2) is 6.13. The Morgan fingerprint density at radius 1 is 1.23 bits per heavy atom. The first-order valence-corrected chi connectivity index (χ1v) is 8.15. The standard InChI is InChI=1S/C18H24N2O2/c1-13(2)14-6-5-7-16-15(14)12-17(18(21)22)20(16)11-10-19-8-3-4-9-19/h5-7,12-13H,3-4,8-11H2,1-2H3,(H,21,22). The summed E-state index contributed by atoms with van der Waals surface area (Å²) in [4.78, 5) is 14.1. The molecule has 2 aromatic rings. The molecule has 1 N–H and O–H groups in total. The van der Waals surface area contributed by atoms with E-state index in [4.69, 9.17) is 0 Å². The molecule has 4 heteroatoms. The van der Waals surface area contributed by atoms with Crippen molar-refractivity contribution < 1.29 is 9.90 Å². The summed E-state index contributed by atoms with van der Waals surface area (Å²) in [6.45, 7) is 8.24. The summed E-state index contributed by atoms with van der Waals surface area (Å²) in [6, 6.07) is 8.02. The van der Waals surface area contributed by atoms with E-state index in [1.807, 2.05) is 22.8 Å². The van der Waals surface area contributed by atoms with Crippen LogP contribution in [0.15, 0.2) is 24.3 Å². The fourth-order valence-electron chi connectivity index (χ4n) is 3.48. The summed E-state index contributed by atoms with van der Waals surface area (Å²) >= 11 is 0. The molecule has 118 valence electrons. The molecule has 0 atom stereocenters. The van der Waals surface area contributed by atoms with E-state index in [1.54, 1.807) is 0 Å². The number of rotatable bonds is 5. The van der Waals surface area contributed by atoms with Crippen LogP contribution in [0, 0.1) is 0 Å². The first-order chi connectivity index (χ1) is 10.6. The number of aromatic nitrogens is 1. The van der Waals surface area contributed by atoms with Crippen LogP contribution in [0.25, 0.3) is 10.9 Å². The third kappa shape index (κ3) is 2.75. The maximum Gasteiger partial charge on any atom is 0.352 e. The lowest BCUT2D eigenvalue weighted by Gasteiger charge is -2.16. The van der Waals surface area contributed by atoms with Gasteiger partial charge in [0.05, 0.1) is 0 Å². The largest absolute Gasteiger partial charge is 0.477 e. The quantitative estimate of drug-likeness (QED) is 0.918. The molecule has 4 nitrogen and oxygen atoms in total. The summed E-state index contributed by atoms with van der Waals surface area (Å²) in [5.41, 5.74) is 2.67. The van der Waals surface area contributed by atoms with E-state index >= 15 is 0 Å². The smallest absolute Gasteiger partial charge is 0.352 e. The van der Waals surface area contributed by atoms with Crippen molar-refractivity contribution >= 4 is 16.9 Å². The normalized spacial score (nSPS) is 16.0. The third-order valence-corrected chi connectivity index (χ3v) is 4.66. The predicted molar refractivity (Wildman–Crippen MR) is 88.7 cm³/mol. The number of carboxylic acids is 1. The van der Waals surface area contributed by atoms with Crippen molar-refractivity contribution in [2.75, 3.05) is 19.6 Å². The minimum Gasteiger partial charge on any atom is -0.477 e. The summed E-state index contributed by atoms with van der Waals surface area (Å²) in [6.07, 6.45) is 2.52. The van der Waals surface area contributed by atoms with Crippen molar-refractivity contribution in [3.05, 3.63) is 35.5 Å². The summed E-state index contributed by atoms with van der Waals surface area (Å²) in [5, 5.41) is 10.6. The van der Waals surface area contributed by atoms with Crippen LogP contribution < -0.4 is 0 Å². The molecule has 1 aliphatic heterocycles. The zero-order valence-electron chi connectivity index (χ0n) is 13.4. The molecule has 0 saturated carbocycles. The average Bonchev–Trinajstić information content (AvgIpc) is 3.11. The molecule has 0 unspecified atom stereocenters. The maximum absolute atomic E-state index is 11.6. The minimum atomic E-state index is -0.840. The zero-order valence-corrected chi connectivity index (χ0v) is 13.4. The van der Waals surface area contributed by atoms with Gasteiger partial charge in [-0.15, -0.1) is 0 Å². The number of aromatic carboxylic acids is 1. The van der Waals surface area contributed by atoms with Crippen LogP contribution in [0.3, 0.4) is 0 Å². The summed E-state index contributed by atoms with van der Waals surface area (Å²) < 4.78 is 1.97. The van der Waals surface area contributed by atoms with Gasteiger partial charge in [0, 0.05) is 24.0 Å². The number of hydrogen-bond acceptors (Lipinski definition) is 2. The Kier molecular flexibility index (Phi) is 4.21. The third-order valence-electron chi connectivity index (χ3n) is 4.66. The number of fused-ring (bicyclic) bond motifs is 1. The first kappa shape index (κ1) is 15.1. The van der Waals surface area contributed by atoms with Gasteiger partial charge in [0.2, 0.25) is 0 Å². The van der Waals surface area contributed by atoms with Crippen molar-refractivity contribution in [2.24, 2.45) is 0 Å². The monoisotopic (exact) mass is 300 g/mol. The molecule has 0 bridgehead atoms. The van der Waals surface area contributed by atoms with Gasteiger partial charge < -0.3 is 14.6 Å². The molecule has 2 heterocycles. The lowest BCUT2D eigenvalue weighted by atomic mass is 9.99. The number of benzene rings is 1. The van der Waals surface area contributed by atoms with Gasteiger partial charge in [-0.1, -0.05) is 26.0 Å². The summed E-state index contributed by atoms with van der Waals surface area (Å²) in [5.74, 6) is -0.452. The topological polar surface area (TPSA) is 45.5 Å². The maximum atomic E-state index is 11.6. The number of carboxylic acid groups (broad SMARTS) is 1. The van der Waals surface area contributed by atoms with Gasteiger partial charge in [-0.25, -0.2) is 4.79 Å². The highest BCUT2D eigenvalue weighted by atomic mass is 16.4. The van der Waals surface area contributed by atoms with Gasteiger partial charge in [0.25, 0.3) is 0 Å². The molecule has 1 fully saturated rings. The predicted octanol–water partition coefficient (Wildman–Crippen LogP) is 3.56. The lowest BCUT2D eigenvalue weighted by molar-refractivity contribution is 0.0685. The molecular weight excluding hydrogens is 276 g/mol. The molecule has 0 radical (unpaired) electrons. The fraction of sp³-hybridized carbons (Fsp3) is 0.500. The van der Waals surface area contributed by atoms with E-state index in [0.717, 1.165) is 37.1 Å². The highest BCUT2D eigenvalue weighted by Crippen LogP contribution is 2.28. The fourth-order valence-corrected chi connectivity index (χ4v) is 3.48. The van der Waals surface area contributed by atoms with E-state index in [2.05, 4.69) is 24.8 Å². The SMILES string of the molecule is CC(C)c1cccc2c1cc(C(=O)O)n2CCN1CCCC1. The second-order valence-electron chi connectivity index (χ2n) is 6.47. The van der Waals surface area contributed by atoms with E-state index in [9.17, 15) is 9.90 Å². The molecule has 1 aliphatic rings. The van der Waals surface area contributed by atoms with Crippen LogP contribution in [0.1, 0.15) is 48.7 Å². The van der Waals surface area contributed by atoms with Gasteiger partial charge in [0.1, 0.15) is 5.69 Å². The second-order valence-corrected chi connectivity index (χ2v) is 6.47. The van der Waals surface area contributed by atoms with Crippen LogP contribution >= 0.6 is 0 Å². The molecule has 1 aromatic carbocycles. The molecule has 0 amide bonds. The molecular formula is C18H24N2O2. The van der Waals surface area contributed by atoms with E-state index < -0.39 is 5.97 Å². The van der Waals surface area contributed by atoms with Gasteiger partial charge in [0.15, 0.2) is 0 Å². The molecule has 1 saturated heterocycles. The molecule has 3 rings (SSSR count). The average molecular weight is 300 g/mol. The molecule has 0 aliphatic carbocycles. The zero-order chi connectivity index (χ0) is 15.7. The molecule has 0 spiro atoms. The molecule has 22 heavy (non-hydrogen) atoms. The van der Waals surface area contributed by atoms with Crippen molar-refractivity contribution in [1.29, 1.82) is 0 Å². The highest BCUT2D eigenvalue weighted by molar-refractivity contribution is 5.96. The van der Waals surface area contributed by atoms with Crippen LogP contribution in [0.4, 0.5) is 0 Å². The Bertz CT molecular complexity index is 682. The van der Waals surface area contributed by atoms with Crippen molar-refractivity contribution in [2.45, 2.75) is 39.2 Å². The van der Waals surface area contributed by atoms with Crippen molar-refractivity contribution in [3.63, 3.8) is 0 Å². The number of nitrogens with zero attached hydrogens (tertiary/aromatic N) is 2. The molecule has 1 aromatic heterocycles. The van der Waals surface area contributed by atoms with Gasteiger partial charge >= 0.3 is 5.97 Å². The van der Waals surface area contributed by atoms with E-state index in [0.29, 0.717) is 11.6 Å². The van der Waals surface area contributed by atoms with Crippen LogP contribution in [-0.4, -0.2) is 40.2 Å². The number of likely N-dealkylation sites (tertiary alicyclic amines) is 1. The Labute approximate surface area is 131 Å². The van der Waals surface area contributed by atoms with E-state index in [-0.39, 0.29) is 0 Å². The van der Waals surface area contributed by atoms with Gasteiger partial charge in [-0.05, 0) is 49.5 Å². The minimum absolute atomic E-state index is 0.389. The van der Waals surface area contributed by atoms with Crippen molar-refractivity contribution in [1.82, 2.24) is 9.47 Å². The van der Waals surface area contributed by atoms with Gasteiger partial charge in [-0.2, -0.15) is 0 Å². The Balaban J connectivity index is 2.00. The number of carbonyl (C=O) groups is 1. The first-order valence-electron chi connectivity index (χ1n) is 8.15. The lowest BCUT2D eigenvalue weighted by Crippen LogP contribution is -2.25. The van der Waals surface area contributed by atoms with Crippen LogP contribution in [0.2, 0.25) is 0 Å². The Hall–Kier alpha value is -1.81.